The fourth-order valence-electron chi connectivity index (χ4n) is 2.42. The molecular weight excluding hydrogens is 302 g/mol. The Kier molecular flexibility index (Phi) is 4.48. The Morgan fingerprint density at radius 1 is 1.21 bits per heavy atom. The summed E-state index contributed by atoms with van der Waals surface area (Å²) in [6.45, 7) is 9.17. The van der Waals surface area contributed by atoms with Gasteiger partial charge in [0.05, 0.1) is 6.04 Å². The van der Waals surface area contributed by atoms with Crippen LogP contribution >= 0.6 is 15.9 Å². The van der Waals surface area contributed by atoms with Crippen LogP contribution < -0.4 is 5.32 Å². The van der Waals surface area contributed by atoms with E-state index in [1.807, 2.05) is 13.8 Å². The maximum atomic E-state index is 5.68. The van der Waals surface area contributed by atoms with E-state index in [9.17, 15) is 0 Å². The number of benzene rings is 1. The van der Waals surface area contributed by atoms with Gasteiger partial charge in [-0.3, -0.25) is 0 Å². The number of rotatable bonds is 4. The molecule has 19 heavy (non-hydrogen) atoms. The van der Waals surface area contributed by atoms with Gasteiger partial charge in [-0.2, -0.15) is 0 Å². The van der Waals surface area contributed by atoms with E-state index in [4.69, 9.17) is 4.42 Å². The van der Waals surface area contributed by atoms with Gasteiger partial charge in [-0.25, -0.2) is 0 Å². The molecule has 1 unspecified atom stereocenters. The van der Waals surface area contributed by atoms with Crippen molar-refractivity contribution in [3.63, 3.8) is 0 Å². The predicted octanol–water partition coefficient (Wildman–Crippen LogP) is 4.67. The molecule has 1 heterocycles. The van der Waals surface area contributed by atoms with Crippen molar-refractivity contribution in [1.29, 1.82) is 0 Å². The van der Waals surface area contributed by atoms with Crippen LogP contribution in [-0.4, -0.2) is 6.54 Å². The van der Waals surface area contributed by atoms with Gasteiger partial charge in [0.1, 0.15) is 11.5 Å². The van der Waals surface area contributed by atoms with E-state index in [1.54, 1.807) is 0 Å². The molecule has 1 N–H and O–H groups in total. The molecule has 2 aromatic rings. The molecule has 0 amide bonds. The highest BCUT2D eigenvalue weighted by atomic mass is 79.9. The Bertz CT molecular complexity index is 574. The average molecular weight is 322 g/mol. The van der Waals surface area contributed by atoms with Crippen molar-refractivity contribution in [3.8, 4) is 0 Å². The van der Waals surface area contributed by atoms with Crippen LogP contribution in [0, 0.1) is 20.8 Å². The monoisotopic (exact) mass is 321 g/mol. The summed E-state index contributed by atoms with van der Waals surface area (Å²) in [6.07, 6.45) is 0. The molecule has 0 spiro atoms. The summed E-state index contributed by atoms with van der Waals surface area (Å²) in [6, 6.07) is 8.66. The first kappa shape index (κ1) is 14.4. The Labute approximate surface area is 123 Å². The van der Waals surface area contributed by atoms with Gasteiger partial charge in [0.15, 0.2) is 0 Å². The van der Waals surface area contributed by atoms with Crippen molar-refractivity contribution in [2.45, 2.75) is 33.7 Å². The number of nitrogens with one attached hydrogen (secondary N) is 1. The summed E-state index contributed by atoms with van der Waals surface area (Å²) >= 11 is 3.71. The second kappa shape index (κ2) is 5.93. The van der Waals surface area contributed by atoms with E-state index in [0.717, 1.165) is 18.1 Å². The summed E-state index contributed by atoms with van der Waals surface area (Å²) < 4.78 is 6.84. The van der Waals surface area contributed by atoms with Gasteiger partial charge in [0.25, 0.3) is 0 Å². The fraction of sp³-hybridized carbons (Fsp3) is 0.375. The normalized spacial score (nSPS) is 12.7. The predicted molar refractivity (Wildman–Crippen MR) is 82.6 cm³/mol. The van der Waals surface area contributed by atoms with Gasteiger partial charge in [-0.1, -0.05) is 41.1 Å². The Morgan fingerprint density at radius 2 is 1.95 bits per heavy atom. The maximum absolute atomic E-state index is 5.68. The van der Waals surface area contributed by atoms with E-state index in [0.29, 0.717) is 0 Å². The van der Waals surface area contributed by atoms with Gasteiger partial charge < -0.3 is 9.73 Å². The van der Waals surface area contributed by atoms with E-state index in [1.165, 1.54) is 21.2 Å². The van der Waals surface area contributed by atoms with Crippen molar-refractivity contribution >= 4 is 15.9 Å². The minimum Gasteiger partial charge on any atom is -0.466 e. The molecule has 0 fully saturated rings. The van der Waals surface area contributed by atoms with Crippen molar-refractivity contribution < 1.29 is 4.42 Å². The van der Waals surface area contributed by atoms with Gasteiger partial charge >= 0.3 is 0 Å². The molecule has 1 aromatic heterocycles. The lowest BCUT2D eigenvalue weighted by Crippen LogP contribution is -2.22. The average Bonchev–Trinajstić information content (AvgIpc) is 2.69. The first-order valence-corrected chi connectivity index (χ1v) is 7.39. The zero-order valence-electron chi connectivity index (χ0n) is 11.9. The van der Waals surface area contributed by atoms with E-state index < -0.39 is 0 Å². The van der Waals surface area contributed by atoms with Crippen molar-refractivity contribution in [1.82, 2.24) is 5.32 Å². The first-order chi connectivity index (χ1) is 9.04. The smallest absolute Gasteiger partial charge is 0.106 e. The second-order valence-electron chi connectivity index (χ2n) is 4.84. The standard InChI is InChI=1S/C16H20BrNO/c1-5-18-16(14-9-11(3)19-12(14)4)13-8-6-7-10(2)15(13)17/h6-9,16,18H,5H2,1-4H3. The molecule has 0 aliphatic carbocycles. The topological polar surface area (TPSA) is 25.2 Å². The molecule has 0 aliphatic rings. The molecule has 2 rings (SSSR count). The molecule has 0 saturated heterocycles. The molecule has 0 aliphatic heterocycles. The third-order valence-corrected chi connectivity index (χ3v) is 4.41. The largest absolute Gasteiger partial charge is 0.466 e. The molecule has 1 atom stereocenters. The van der Waals surface area contributed by atoms with Crippen LogP contribution in [0.2, 0.25) is 0 Å². The molecular formula is C16H20BrNO. The minimum atomic E-state index is 0.164. The van der Waals surface area contributed by atoms with Crippen LogP contribution in [-0.2, 0) is 0 Å². The van der Waals surface area contributed by atoms with Crippen LogP contribution in [0.4, 0.5) is 0 Å². The lowest BCUT2D eigenvalue weighted by Gasteiger charge is -2.20. The number of furan rings is 1. The van der Waals surface area contributed by atoms with Crippen LogP contribution in [0.25, 0.3) is 0 Å². The van der Waals surface area contributed by atoms with Crippen molar-refractivity contribution in [2.75, 3.05) is 6.54 Å². The highest BCUT2D eigenvalue weighted by Crippen LogP contribution is 2.33. The fourth-order valence-corrected chi connectivity index (χ4v) is 2.91. The number of aryl methyl sites for hydroxylation is 3. The van der Waals surface area contributed by atoms with E-state index in [-0.39, 0.29) is 6.04 Å². The van der Waals surface area contributed by atoms with Crippen LogP contribution in [0.5, 0.6) is 0 Å². The summed E-state index contributed by atoms with van der Waals surface area (Å²) in [5, 5.41) is 3.55. The van der Waals surface area contributed by atoms with E-state index >= 15 is 0 Å². The Balaban J connectivity index is 2.51. The van der Waals surface area contributed by atoms with Gasteiger partial charge in [0, 0.05) is 10.0 Å². The molecule has 0 radical (unpaired) electrons. The van der Waals surface area contributed by atoms with Crippen LogP contribution in [0.3, 0.4) is 0 Å². The van der Waals surface area contributed by atoms with Crippen molar-refractivity contribution in [3.05, 3.63) is 56.9 Å². The third-order valence-electron chi connectivity index (χ3n) is 3.33. The highest BCUT2D eigenvalue weighted by Gasteiger charge is 2.20. The Hall–Kier alpha value is -1.06. The second-order valence-corrected chi connectivity index (χ2v) is 5.63. The number of halogens is 1. The number of hydrogen-bond acceptors (Lipinski definition) is 2. The van der Waals surface area contributed by atoms with Gasteiger partial charge in [-0.15, -0.1) is 0 Å². The third kappa shape index (κ3) is 2.93. The summed E-state index contributed by atoms with van der Waals surface area (Å²) in [5.41, 5.74) is 3.72. The van der Waals surface area contributed by atoms with Crippen LogP contribution in [0.15, 0.2) is 33.2 Å². The minimum absolute atomic E-state index is 0.164. The van der Waals surface area contributed by atoms with E-state index in [2.05, 4.69) is 59.4 Å². The molecule has 0 bridgehead atoms. The maximum Gasteiger partial charge on any atom is 0.106 e. The lowest BCUT2D eigenvalue weighted by molar-refractivity contribution is 0.495. The molecule has 102 valence electrons. The molecule has 0 saturated carbocycles. The lowest BCUT2D eigenvalue weighted by atomic mass is 9.97. The first-order valence-electron chi connectivity index (χ1n) is 6.60. The quantitative estimate of drug-likeness (QED) is 0.885. The summed E-state index contributed by atoms with van der Waals surface area (Å²) in [7, 11) is 0. The molecule has 2 nitrogen and oxygen atoms in total. The van der Waals surface area contributed by atoms with Gasteiger partial charge in [-0.05, 0) is 44.5 Å². The summed E-state index contributed by atoms with van der Waals surface area (Å²) in [5.74, 6) is 1.94. The highest BCUT2D eigenvalue weighted by molar-refractivity contribution is 9.10. The molecule has 1 aromatic carbocycles. The Morgan fingerprint density at radius 3 is 2.53 bits per heavy atom. The van der Waals surface area contributed by atoms with Crippen LogP contribution in [0.1, 0.15) is 41.2 Å². The summed E-state index contributed by atoms with van der Waals surface area (Å²) in [4.78, 5) is 0. The number of hydrogen-bond donors (Lipinski definition) is 1. The zero-order valence-corrected chi connectivity index (χ0v) is 13.5. The molecule has 3 heteroatoms. The zero-order chi connectivity index (χ0) is 14.0. The SMILES string of the molecule is CCNC(c1cc(C)oc1C)c1cccc(C)c1Br. The van der Waals surface area contributed by atoms with Crippen molar-refractivity contribution in [2.24, 2.45) is 0 Å². The van der Waals surface area contributed by atoms with Gasteiger partial charge in [0.2, 0.25) is 0 Å².